The molecule has 0 aliphatic carbocycles. The van der Waals surface area contributed by atoms with Crippen LogP contribution < -0.4 is 0 Å². The van der Waals surface area contributed by atoms with Crippen molar-refractivity contribution in [1.82, 2.24) is 20.2 Å². The van der Waals surface area contributed by atoms with Gasteiger partial charge in [0.2, 0.25) is 0 Å². The molecule has 0 amide bonds. The molecule has 0 N–H and O–H groups in total. The van der Waals surface area contributed by atoms with Gasteiger partial charge < -0.3 is 0 Å². The largest absolute Gasteiger partial charge is 0.294 e. The molecule has 0 fully saturated rings. The van der Waals surface area contributed by atoms with E-state index in [4.69, 9.17) is 0 Å². The Kier molecular flexibility index (Phi) is 2.76. The van der Waals surface area contributed by atoms with Gasteiger partial charge >= 0.3 is 0 Å². The number of nitrogens with zero attached hydrogens (tertiary/aromatic N) is 4. The van der Waals surface area contributed by atoms with Gasteiger partial charge in [0.25, 0.3) is 0 Å². The number of carbonyl (C=O) groups is 1. The molecule has 1 aromatic carbocycles. The zero-order valence-corrected chi connectivity index (χ0v) is 9.21. The van der Waals surface area contributed by atoms with Gasteiger partial charge in [0.05, 0.1) is 6.54 Å². The molecule has 2 aromatic rings. The molecular formula is C11H12N4O. The SMILES string of the molecule is CC(=O)c1ccccc1Cn1nnc(C)n1. The number of aryl methyl sites for hydroxylation is 1. The van der Waals surface area contributed by atoms with Gasteiger partial charge in [-0.15, -0.1) is 10.2 Å². The van der Waals surface area contributed by atoms with E-state index in [1.807, 2.05) is 18.2 Å². The molecule has 5 nitrogen and oxygen atoms in total. The Bertz CT molecular complexity index is 518. The van der Waals surface area contributed by atoms with Gasteiger partial charge in [-0.1, -0.05) is 24.3 Å². The molecule has 0 aliphatic heterocycles. The Balaban J connectivity index is 2.31. The standard InChI is InChI=1S/C11H12N4O/c1-8(16)11-6-4-3-5-10(11)7-15-13-9(2)12-14-15/h3-6H,7H2,1-2H3. The number of hydrogen-bond acceptors (Lipinski definition) is 4. The van der Waals surface area contributed by atoms with E-state index < -0.39 is 0 Å². The number of benzene rings is 1. The second kappa shape index (κ2) is 4.22. The summed E-state index contributed by atoms with van der Waals surface area (Å²) in [5.41, 5.74) is 1.62. The van der Waals surface area contributed by atoms with Crippen molar-refractivity contribution in [2.45, 2.75) is 20.4 Å². The van der Waals surface area contributed by atoms with E-state index in [0.717, 1.165) is 5.56 Å². The number of aromatic nitrogens is 4. The Labute approximate surface area is 93.1 Å². The lowest BCUT2D eigenvalue weighted by Crippen LogP contribution is -2.08. The van der Waals surface area contributed by atoms with E-state index in [1.165, 1.54) is 4.80 Å². The van der Waals surface area contributed by atoms with Crippen LogP contribution >= 0.6 is 0 Å². The lowest BCUT2D eigenvalue weighted by Gasteiger charge is -2.04. The van der Waals surface area contributed by atoms with Crippen molar-refractivity contribution < 1.29 is 4.79 Å². The normalized spacial score (nSPS) is 10.4. The monoisotopic (exact) mass is 216 g/mol. The van der Waals surface area contributed by atoms with Crippen LogP contribution in [0.15, 0.2) is 24.3 Å². The first-order chi connectivity index (χ1) is 7.66. The zero-order chi connectivity index (χ0) is 11.5. The molecular weight excluding hydrogens is 204 g/mol. The van der Waals surface area contributed by atoms with Crippen LogP contribution in [0, 0.1) is 6.92 Å². The topological polar surface area (TPSA) is 60.7 Å². The predicted molar refractivity (Wildman–Crippen MR) is 58.1 cm³/mol. The number of hydrogen-bond donors (Lipinski definition) is 0. The molecule has 82 valence electrons. The molecule has 0 aliphatic rings. The summed E-state index contributed by atoms with van der Waals surface area (Å²) in [4.78, 5) is 12.9. The fraction of sp³-hybridized carbons (Fsp3) is 0.273. The summed E-state index contributed by atoms with van der Waals surface area (Å²) in [6, 6.07) is 7.45. The Hall–Kier alpha value is -2.04. The van der Waals surface area contributed by atoms with Crippen LogP contribution in [0.25, 0.3) is 0 Å². The summed E-state index contributed by atoms with van der Waals surface area (Å²) in [6.07, 6.45) is 0. The highest BCUT2D eigenvalue weighted by Gasteiger charge is 2.07. The van der Waals surface area contributed by atoms with E-state index >= 15 is 0 Å². The molecule has 2 rings (SSSR count). The number of tetrazole rings is 1. The molecule has 1 heterocycles. The van der Waals surface area contributed by atoms with Gasteiger partial charge in [-0.3, -0.25) is 4.79 Å². The molecule has 0 unspecified atom stereocenters. The highest BCUT2D eigenvalue weighted by molar-refractivity contribution is 5.95. The highest BCUT2D eigenvalue weighted by atomic mass is 16.1. The molecule has 5 heteroatoms. The van der Waals surface area contributed by atoms with Gasteiger partial charge in [-0.25, -0.2) is 0 Å². The Morgan fingerprint density at radius 3 is 2.75 bits per heavy atom. The molecule has 0 saturated heterocycles. The first-order valence-electron chi connectivity index (χ1n) is 5.00. The maximum Gasteiger partial charge on any atom is 0.171 e. The second-order valence-corrected chi connectivity index (χ2v) is 3.58. The molecule has 1 aromatic heterocycles. The molecule has 0 atom stereocenters. The van der Waals surface area contributed by atoms with Crippen LogP contribution in [0.3, 0.4) is 0 Å². The van der Waals surface area contributed by atoms with Gasteiger partial charge in [-0.2, -0.15) is 4.80 Å². The van der Waals surface area contributed by atoms with Crippen molar-refractivity contribution in [3.05, 3.63) is 41.2 Å². The third-order valence-electron chi connectivity index (χ3n) is 2.26. The fourth-order valence-corrected chi connectivity index (χ4v) is 1.54. The first-order valence-corrected chi connectivity index (χ1v) is 5.00. The lowest BCUT2D eigenvalue weighted by molar-refractivity contribution is 0.101. The highest BCUT2D eigenvalue weighted by Crippen LogP contribution is 2.10. The Morgan fingerprint density at radius 1 is 1.38 bits per heavy atom. The first kappa shape index (κ1) is 10.5. The quantitative estimate of drug-likeness (QED) is 0.724. The van der Waals surface area contributed by atoms with Crippen molar-refractivity contribution in [2.24, 2.45) is 0 Å². The average Bonchev–Trinajstić information content (AvgIpc) is 2.64. The van der Waals surface area contributed by atoms with Crippen LogP contribution in [0.1, 0.15) is 28.7 Å². The van der Waals surface area contributed by atoms with Crippen LogP contribution in [0.4, 0.5) is 0 Å². The minimum atomic E-state index is 0.0486. The van der Waals surface area contributed by atoms with E-state index in [1.54, 1.807) is 19.9 Å². The van der Waals surface area contributed by atoms with Crippen LogP contribution in [0.5, 0.6) is 0 Å². The van der Waals surface area contributed by atoms with Crippen molar-refractivity contribution in [3.8, 4) is 0 Å². The third-order valence-corrected chi connectivity index (χ3v) is 2.26. The molecule has 0 bridgehead atoms. The number of Topliss-reactive ketones (excluding diaryl/α,β-unsaturated/α-hetero) is 1. The summed E-state index contributed by atoms with van der Waals surface area (Å²) in [7, 11) is 0. The van der Waals surface area contributed by atoms with Crippen LogP contribution in [-0.4, -0.2) is 26.0 Å². The lowest BCUT2D eigenvalue weighted by atomic mass is 10.0. The number of rotatable bonds is 3. The smallest absolute Gasteiger partial charge is 0.171 e. The molecule has 0 saturated carbocycles. The zero-order valence-electron chi connectivity index (χ0n) is 9.21. The fourth-order valence-electron chi connectivity index (χ4n) is 1.54. The van der Waals surface area contributed by atoms with Crippen molar-refractivity contribution in [3.63, 3.8) is 0 Å². The summed E-state index contributed by atoms with van der Waals surface area (Å²) in [5, 5.41) is 11.7. The molecule has 0 radical (unpaired) electrons. The van der Waals surface area contributed by atoms with E-state index in [2.05, 4.69) is 15.4 Å². The summed E-state index contributed by atoms with van der Waals surface area (Å²) >= 11 is 0. The van der Waals surface area contributed by atoms with Gasteiger partial charge in [-0.05, 0) is 24.6 Å². The van der Waals surface area contributed by atoms with Crippen molar-refractivity contribution in [2.75, 3.05) is 0 Å². The molecule has 16 heavy (non-hydrogen) atoms. The van der Waals surface area contributed by atoms with Gasteiger partial charge in [0, 0.05) is 5.56 Å². The second-order valence-electron chi connectivity index (χ2n) is 3.58. The van der Waals surface area contributed by atoms with Crippen LogP contribution in [-0.2, 0) is 6.54 Å². The summed E-state index contributed by atoms with van der Waals surface area (Å²) in [5.74, 6) is 0.674. The minimum absolute atomic E-state index is 0.0486. The molecule has 0 spiro atoms. The maximum absolute atomic E-state index is 11.4. The number of ketones is 1. The van der Waals surface area contributed by atoms with E-state index in [9.17, 15) is 4.79 Å². The summed E-state index contributed by atoms with van der Waals surface area (Å²) in [6.45, 7) is 3.80. The van der Waals surface area contributed by atoms with Crippen LogP contribution in [0.2, 0.25) is 0 Å². The number of carbonyl (C=O) groups excluding carboxylic acids is 1. The third kappa shape index (κ3) is 2.13. The minimum Gasteiger partial charge on any atom is -0.294 e. The predicted octanol–water partition coefficient (Wildman–Crippen LogP) is 1.23. The maximum atomic E-state index is 11.4. The average molecular weight is 216 g/mol. The van der Waals surface area contributed by atoms with Gasteiger partial charge in [0.15, 0.2) is 11.6 Å². The Morgan fingerprint density at radius 2 is 2.12 bits per heavy atom. The van der Waals surface area contributed by atoms with Gasteiger partial charge in [0.1, 0.15) is 0 Å². The van der Waals surface area contributed by atoms with Crippen molar-refractivity contribution in [1.29, 1.82) is 0 Å². The summed E-state index contributed by atoms with van der Waals surface area (Å²) < 4.78 is 0. The van der Waals surface area contributed by atoms with Crippen molar-refractivity contribution >= 4 is 5.78 Å². The van der Waals surface area contributed by atoms with E-state index in [-0.39, 0.29) is 5.78 Å². The van der Waals surface area contributed by atoms with E-state index in [0.29, 0.717) is 17.9 Å².